The van der Waals surface area contributed by atoms with Gasteiger partial charge in [0.2, 0.25) is 0 Å². The summed E-state index contributed by atoms with van der Waals surface area (Å²) in [5, 5.41) is 9.43. The average molecular weight is 307 g/mol. The summed E-state index contributed by atoms with van der Waals surface area (Å²) in [7, 11) is 0. The van der Waals surface area contributed by atoms with E-state index in [4.69, 9.17) is 4.74 Å². The lowest BCUT2D eigenvalue weighted by molar-refractivity contribution is 0.199. The van der Waals surface area contributed by atoms with E-state index in [0.717, 1.165) is 27.1 Å². The second-order valence-corrected chi connectivity index (χ2v) is 5.17. The predicted molar refractivity (Wildman–Crippen MR) is 76.0 cm³/mol. The van der Waals surface area contributed by atoms with Crippen LogP contribution in [0.5, 0.6) is 11.5 Å². The van der Waals surface area contributed by atoms with Gasteiger partial charge < -0.3 is 9.84 Å². The van der Waals surface area contributed by atoms with Crippen molar-refractivity contribution in [1.82, 2.24) is 0 Å². The van der Waals surface area contributed by atoms with Gasteiger partial charge in [0.1, 0.15) is 11.5 Å². The molecule has 0 amide bonds. The molecule has 2 aromatic carbocycles. The Morgan fingerprint density at radius 1 is 1.11 bits per heavy atom. The van der Waals surface area contributed by atoms with Crippen molar-refractivity contribution in [2.75, 3.05) is 0 Å². The highest BCUT2D eigenvalue weighted by Gasteiger charge is 2.04. The molecule has 3 heteroatoms. The Labute approximate surface area is 115 Å². The highest BCUT2D eigenvalue weighted by atomic mass is 79.9. The number of benzene rings is 2. The summed E-state index contributed by atoms with van der Waals surface area (Å²) in [5.74, 6) is 1.60. The van der Waals surface area contributed by atoms with Crippen molar-refractivity contribution >= 4 is 15.9 Å². The average Bonchev–Trinajstić information content (AvgIpc) is 2.33. The molecule has 0 spiro atoms. The maximum atomic E-state index is 9.43. The monoisotopic (exact) mass is 306 g/mol. The molecule has 2 nitrogen and oxygen atoms in total. The van der Waals surface area contributed by atoms with Crippen molar-refractivity contribution in [2.24, 2.45) is 0 Å². The van der Waals surface area contributed by atoms with Crippen LogP contribution in [0, 0.1) is 6.92 Å². The molecule has 2 aromatic rings. The molecule has 1 unspecified atom stereocenters. The molecule has 0 fully saturated rings. The Morgan fingerprint density at radius 3 is 2.33 bits per heavy atom. The Kier molecular flexibility index (Phi) is 4.04. The summed E-state index contributed by atoms with van der Waals surface area (Å²) in [5.41, 5.74) is 1.96. The molecule has 94 valence electrons. The minimum atomic E-state index is -0.450. The fraction of sp³-hybridized carbons (Fsp3) is 0.200. The number of hydrogen-bond donors (Lipinski definition) is 1. The normalized spacial score (nSPS) is 12.2. The van der Waals surface area contributed by atoms with E-state index in [1.165, 1.54) is 0 Å². The molecular formula is C15H15BrO2. The second-order valence-electron chi connectivity index (χ2n) is 4.26. The summed E-state index contributed by atoms with van der Waals surface area (Å²) in [6, 6.07) is 13.4. The van der Waals surface area contributed by atoms with Crippen molar-refractivity contribution in [3.63, 3.8) is 0 Å². The van der Waals surface area contributed by atoms with Crippen LogP contribution in [0.4, 0.5) is 0 Å². The fourth-order valence-electron chi connectivity index (χ4n) is 1.67. The first-order valence-electron chi connectivity index (χ1n) is 5.78. The Balaban J connectivity index is 2.18. The highest BCUT2D eigenvalue weighted by Crippen LogP contribution is 2.28. The standard InChI is InChI=1S/C15H15BrO2/c1-10-9-13(16)5-8-15(10)18-14-6-3-12(4-7-14)11(2)17/h3-9,11,17H,1-2H3. The number of ether oxygens (including phenoxy) is 1. The molecular weight excluding hydrogens is 292 g/mol. The first-order chi connectivity index (χ1) is 8.56. The minimum Gasteiger partial charge on any atom is -0.457 e. The number of aliphatic hydroxyl groups excluding tert-OH is 1. The number of rotatable bonds is 3. The fourth-order valence-corrected chi connectivity index (χ4v) is 2.14. The van der Waals surface area contributed by atoms with Crippen LogP contribution in [-0.2, 0) is 0 Å². The van der Waals surface area contributed by atoms with Gasteiger partial charge in [-0.1, -0.05) is 28.1 Å². The molecule has 18 heavy (non-hydrogen) atoms. The van der Waals surface area contributed by atoms with Crippen LogP contribution in [0.15, 0.2) is 46.9 Å². The maximum Gasteiger partial charge on any atom is 0.130 e. The lowest BCUT2D eigenvalue weighted by Gasteiger charge is -2.10. The molecule has 2 rings (SSSR count). The third kappa shape index (κ3) is 3.12. The van der Waals surface area contributed by atoms with Gasteiger partial charge in [-0.25, -0.2) is 0 Å². The van der Waals surface area contributed by atoms with E-state index in [0.29, 0.717) is 0 Å². The van der Waals surface area contributed by atoms with Crippen LogP contribution in [0.25, 0.3) is 0 Å². The molecule has 0 saturated heterocycles. The summed E-state index contributed by atoms with van der Waals surface area (Å²) >= 11 is 3.42. The summed E-state index contributed by atoms with van der Waals surface area (Å²) in [6.07, 6.45) is -0.450. The summed E-state index contributed by atoms with van der Waals surface area (Å²) in [4.78, 5) is 0. The van der Waals surface area contributed by atoms with Gasteiger partial charge in [-0.2, -0.15) is 0 Å². The Hall–Kier alpha value is -1.32. The quantitative estimate of drug-likeness (QED) is 0.897. The second kappa shape index (κ2) is 5.55. The van der Waals surface area contributed by atoms with E-state index < -0.39 is 6.10 Å². The van der Waals surface area contributed by atoms with Gasteiger partial charge in [0.05, 0.1) is 6.10 Å². The van der Waals surface area contributed by atoms with Crippen molar-refractivity contribution < 1.29 is 9.84 Å². The van der Waals surface area contributed by atoms with Crippen molar-refractivity contribution in [3.05, 3.63) is 58.1 Å². The number of aliphatic hydroxyl groups is 1. The maximum absolute atomic E-state index is 9.43. The molecule has 1 N–H and O–H groups in total. The van der Waals surface area contributed by atoms with Crippen LogP contribution in [-0.4, -0.2) is 5.11 Å². The molecule has 0 radical (unpaired) electrons. The third-order valence-corrected chi connectivity index (χ3v) is 3.22. The van der Waals surface area contributed by atoms with E-state index in [1.807, 2.05) is 49.4 Å². The van der Waals surface area contributed by atoms with E-state index in [1.54, 1.807) is 6.92 Å². The number of aryl methyl sites for hydroxylation is 1. The molecule has 0 aliphatic rings. The molecule has 1 atom stereocenters. The lowest BCUT2D eigenvalue weighted by Crippen LogP contribution is -1.91. The van der Waals surface area contributed by atoms with E-state index >= 15 is 0 Å². The zero-order valence-electron chi connectivity index (χ0n) is 10.4. The lowest BCUT2D eigenvalue weighted by atomic mass is 10.1. The Morgan fingerprint density at radius 2 is 1.78 bits per heavy atom. The SMILES string of the molecule is Cc1cc(Br)ccc1Oc1ccc(C(C)O)cc1. The molecule has 0 aromatic heterocycles. The van der Waals surface area contributed by atoms with Gasteiger partial charge in [-0.15, -0.1) is 0 Å². The largest absolute Gasteiger partial charge is 0.457 e. The van der Waals surface area contributed by atoms with E-state index in [2.05, 4.69) is 15.9 Å². The zero-order chi connectivity index (χ0) is 13.1. The molecule has 0 aliphatic heterocycles. The van der Waals surface area contributed by atoms with Gasteiger partial charge in [0.25, 0.3) is 0 Å². The van der Waals surface area contributed by atoms with Crippen molar-refractivity contribution in [3.8, 4) is 11.5 Å². The molecule has 0 saturated carbocycles. The molecule has 0 heterocycles. The first-order valence-corrected chi connectivity index (χ1v) is 6.57. The summed E-state index contributed by atoms with van der Waals surface area (Å²) < 4.78 is 6.84. The predicted octanol–water partition coefficient (Wildman–Crippen LogP) is 4.60. The topological polar surface area (TPSA) is 29.5 Å². The minimum absolute atomic E-state index is 0.450. The van der Waals surface area contributed by atoms with Crippen LogP contribution in [0.2, 0.25) is 0 Å². The summed E-state index contributed by atoms with van der Waals surface area (Å²) in [6.45, 7) is 3.75. The number of hydrogen-bond acceptors (Lipinski definition) is 2. The third-order valence-electron chi connectivity index (χ3n) is 2.73. The van der Waals surface area contributed by atoms with Gasteiger partial charge in [-0.3, -0.25) is 0 Å². The van der Waals surface area contributed by atoms with Gasteiger partial charge in [-0.05, 0) is 55.3 Å². The molecule has 0 aliphatic carbocycles. The van der Waals surface area contributed by atoms with Gasteiger partial charge in [0, 0.05) is 4.47 Å². The van der Waals surface area contributed by atoms with Gasteiger partial charge in [0.15, 0.2) is 0 Å². The van der Waals surface area contributed by atoms with Crippen LogP contribution in [0.1, 0.15) is 24.2 Å². The zero-order valence-corrected chi connectivity index (χ0v) is 11.9. The van der Waals surface area contributed by atoms with Crippen molar-refractivity contribution in [2.45, 2.75) is 20.0 Å². The van der Waals surface area contributed by atoms with Crippen LogP contribution >= 0.6 is 15.9 Å². The first kappa shape index (κ1) is 13.1. The van der Waals surface area contributed by atoms with E-state index in [-0.39, 0.29) is 0 Å². The van der Waals surface area contributed by atoms with Crippen LogP contribution in [0.3, 0.4) is 0 Å². The van der Waals surface area contributed by atoms with E-state index in [9.17, 15) is 5.11 Å². The Bertz CT molecular complexity index is 533. The van der Waals surface area contributed by atoms with Crippen molar-refractivity contribution in [1.29, 1.82) is 0 Å². The van der Waals surface area contributed by atoms with Crippen LogP contribution < -0.4 is 4.74 Å². The molecule has 0 bridgehead atoms. The number of halogens is 1. The van der Waals surface area contributed by atoms with Gasteiger partial charge >= 0.3 is 0 Å². The highest BCUT2D eigenvalue weighted by molar-refractivity contribution is 9.10. The smallest absolute Gasteiger partial charge is 0.130 e.